The number of hydrogen-bond donors (Lipinski definition) is 1. The molecule has 4 rings (SSSR count). The molecule has 2 aromatic carbocycles. The second kappa shape index (κ2) is 9.84. The fourth-order valence-electron chi connectivity index (χ4n) is 3.70. The molecule has 0 aliphatic carbocycles. The van der Waals surface area contributed by atoms with Gasteiger partial charge >= 0.3 is 0 Å². The lowest BCUT2D eigenvalue weighted by Crippen LogP contribution is -2.42. The van der Waals surface area contributed by atoms with Crippen LogP contribution in [0.4, 0.5) is 0 Å². The van der Waals surface area contributed by atoms with Crippen molar-refractivity contribution in [2.24, 2.45) is 11.0 Å². The lowest BCUT2D eigenvalue weighted by atomic mass is 9.97. The van der Waals surface area contributed by atoms with Gasteiger partial charge in [0.05, 0.1) is 5.71 Å². The van der Waals surface area contributed by atoms with Gasteiger partial charge in [0.1, 0.15) is 4.90 Å². The number of pyridine rings is 1. The Labute approximate surface area is 187 Å². The van der Waals surface area contributed by atoms with Crippen molar-refractivity contribution >= 4 is 21.6 Å². The molecule has 7 nitrogen and oxygen atoms in total. The average molecular weight is 449 g/mol. The fraction of sp³-hybridized carbons (Fsp3) is 0.208. The zero-order chi connectivity index (χ0) is 22.4. The van der Waals surface area contributed by atoms with E-state index in [2.05, 4.69) is 15.5 Å². The number of aromatic nitrogens is 1. The molecule has 3 aromatic rings. The smallest absolute Gasteiger partial charge is 0.244 e. The summed E-state index contributed by atoms with van der Waals surface area (Å²) in [5.74, 6) is -0.500. The standard InChI is InChI=1S/C24H24N4O3S/c29-24(21-13-16-28(17-14-21)32(30,31)22-12-7-15-25-18-22)27-26-23(19-8-3-1-4-9-19)20-10-5-2-6-11-20/h1-12,15,18,21H,13-14,16-17H2,(H,27,29). The van der Waals surface area contributed by atoms with E-state index in [0.717, 1.165) is 11.1 Å². The molecule has 1 aromatic heterocycles. The predicted octanol–water partition coefficient (Wildman–Crippen LogP) is 3.05. The summed E-state index contributed by atoms with van der Waals surface area (Å²) in [4.78, 5) is 16.9. The normalized spacial score (nSPS) is 15.1. The molecule has 1 saturated heterocycles. The highest BCUT2D eigenvalue weighted by atomic mass is 32.2. The lowest BCUT2D eigenvalue weighted by Gasteiger charge is -2.30. The highest BCUT2D eigenvalue weighted by molar-refractivity contribution is 7.89. The van der Waals surface area contributed by atoms with Crippen molar-refractivity contribution in [3.8, 4) is 0 Å². The van der Waals surface area contributed by atoms with Crippen LogP contribution < -0.4 is 5.43 Å². The number of benzene rings is 2. The summed E-state index contributed by atoms with van der Waals surface area (Å²) in [6.07, 6.45) is 3.76. The van der Waals surface area contributed by atoms with Crippen molar-refractivity contribution < 1.29 is 13.2 Å². The van der Waals surface area contributed by atoms with E-state index in [1.807, 2.05) is 60.7 Å². The van der Waals surface area contributed by atoms with Crippen LogP contribution in [0.3, 0.4) is 0 Å². The maximum Gasteiger partial charge on any atom is 0.244 e. The zero-order valence-electron chi connectivity index (χ0n) is 17.5. The van der Waals surface area contributed by atoms with E-state index < -0.39 is 10.0 Å². The molecule has 1 amide bonds. The highest BCUT2D eigenvalue weighted by Crippen LogP contribution is 2.23. The molecule has 0 saturated carbocycles. The molecule has 1 fully saturated rings. The number of hydrazone groups is 1. The van der Waals surface area contributed by atoms with Crippen LogP contribution in [0.25, 0.3) is 0 Å². The molecule has 0 bridgehead atoms. The Morgan fingerprint density at radius 2 is 1.50 bits per heavy atom. The number of piperidine rings is 1. The molecule has 2 heterocycles. The van der Waals surface area contributed by atoms with Gasteiger partial charge in [0, 0.05) is 42.5 Å². The van der Waals surface area contributed by atoms with E-state index in [1.165, 1.54) is 22.8 Å². The molecule has 0 spiro atoms. The zero-order valence-corrected chi connectivity index (χ0v) is 18.3. The minimum atomic E-state index is -3.60. The highest BCUT2D eigenvalue weighted by Gasteiger charge is 2.32. The van der Waals surface area contributed by atoms with Gasteiger partial charge in [-0.3, -0.25) is 9.78 Å². The Bertz CT molecular complexity index is 1130. The number of carbonyl (C=O) groups excluding carboxylic acids is 1. The molecule has 1 aliphatic rings. The van der Waals surface area contributed by atoms with Crippen LogP contribution >= 0.6 is 0 Å². The number of sulfonamides is 1. The summed E-state index contributed by atoms with van der Waals surface area (Å²) >= 11 is 0. The van der Waals surface area contributed by atoms with Gasteiger partial charge in [-0.05, 0) is 25.0 Å². The first kappa shape index (κ1) is 21.9. The van der Waals surface area contributed by atoms with Crippen LogP contribution in [0.5, 0.6) is 0 Å². The van der Waals surface area contributed by atoms with Gasteiger partial charge in [-0.2, -0.15) is 9.41 Å². The number of rotatable bonds is 6. The van der Waals surface area contributed by atoms with Crippen LogP contribution in [-0.4, -0.2) is 42.4 Å². The Morgan fingerprint density at radius 1 is 0.906 bits per heavy atom. The molecule has 0 atom stereocenters. The van der Waals surface area contributed by atoms with Crippen LogP contribution in [-0.2, 0) is 14.8 Å². The number of hydrogen-bond acceptors (Lipinski definition) is 5. The van der Waals surface area contributed by atoms with Crippen LogP contribution in [0, 0.1) is 5.92 Å². The predicted molar refractivity (Wildman–Crippen MR) is 122 cm³/mol. The van der Waals surface area contributed by atoms with E-state index in [9.17, 15) is 13.2 Å². The minimum absolute atomic E-state index is 0.169. The quantitative estimate of drug-likeness (QED) is 0.463. The van der Waals surface area contributed by atoms with Crippen molar-refractivity contribution in [2.75, 3.05) is 13.1 Å². The second-order valence-electron chi connectivity index (χ2n) is 7.54. The van der Waals surface area contributed by atoms with E-state index in [-0.39, 0.29) is 29.8 Å². The topological polar surface area (TPSA) is 91.7 Å². The molecule has 164 valence electrons. The molecular formula is C24H24N4O3S. The van der Waals surface area contributed by atoms with Crippen molar-refractivity contribution in [1.82, 2.24) is 14.7 Å². The largest absolute Gasteiger partial charge is 0.273 e. The summed E-state index contributed by atoms with van der Waals surface area (Å²) in [5, 5.41) is 4.43. The molecule has 8 heteroatoms. The summed E-state index contributed by atoms with van der Waals surface area (Å²) in [7, 11) is -3.60. The van der Waals surface area contributed by atoms with Crippen LogP contribution in [0.1, 0.15) is 24.0 Å². The first-order chi connectivity index (χ1) is 15.6. The fourth-order valence-corrected chi connectivity index (χ4v) is 5.13. The third-order valence-corrected chi connectivity index (χ3v) is 7.35. The van der Waals surface area contributed by atoms with Crippen molar-refractivity contribution in [1.29, 1.82) is 0 Å². The van der Waals surface area contributed by atoms with Gasteiger partial charge in [-0.25, -0.2) is 13.8 Å². The molecule has 1 aliphatic heterocycles. The Balaban J connectivity index is 1.43. The third kappa shape index (κ3) is 4.92. The minimum Gasteiger partial charge on any atom is -0.273 e. The lowest BCUT2D eigenvalue weighted by molar-refractivity contribution is -0.126. The summed E-state index contributed by atoms with van der Waals surface area (Å²) < 4.78 is 26.9. The van der Waals surface area contributed by atoms with Gasteiger partial charge in [0.2, 0.25) is 15.9 Å². The van der Waals surface area contributed by atoms with Gasteiger partial charge in [0.25, 0.3) is 0 Å². The molecule has 1 N–H and O–H groups in total. The van der Waals surface area contributed by atoms with Gasteiger partial charge in [-0.1, -0.05) is 60.7 Å². The maximum absolute atomic E-state index is 12.8. The summed E-state index contributed by atoms with van der Waals surface area (Å²) in [5.41, 5.74) is 5.18. The molecule has 32 heavy (non-hydrogen) atoms. The Kier molecular flexibility index (Phi) is 6.72. The first-order valence-corrected chi connectivity index (χ1v) is 11.9. The molecule has 0 unspecified atom stereocenters. The van der Waals surface area contributed by atoms with Gasteiger partial charge < -0.3 is 0 Å². The monoisotopic (exact) mass is 448 g/mol. The molecule has 0 radical (unpaired) electrons. The van der Waals surface area contributed by atoms with Crippen molar-refractivity contribution in [3.63, 3.8) is 0 Å². The van der Waals surface area contributed by atoms with Gasteiger partial charge in [0.15, 0.2) is 0 Å². The maximum atomic E-state index is 12.8. The van der Waals surface area contributed by atoms with Crippen LogP contribution in [0.15, 0.2) is 95.2 Å². The third-order valence-electron chi connectivity index (χ3n) is 5.47. The van der Waals surface area contributed by atoms with Crippen molar-refractivity contribution in [2.45, 2.75) is 17.7 Å². The number of amides is 1. The van der Waals surface area contributed by atoms with Crippen molar-refractivity contribution in [3.05, 3.63) is 96.3 Å². The molecular weight excluding hydrogens is 424 g/mol. The van der Waals surface area contributed by atoms with Crippen LogP contribution in [0.2, 0.25) is 0 Å². The Morgan fingerprint density at radius 3 is 2.03 bits per heavy atom. The van der Waals surface area contributed by atoms with E-state index in [0.29, 0.717) is 18.6 Å². The number of nitrogens with one attached hydrogen (secondary N) is 1. The first-order valence-electron chi connectivity index (χ1n) is 10.4. The average Bonchev–Trinajstić information content (AvgIpc) is 2.86. The van der Waals surface area contributed by atoms with E-state index >= 15 is 0 Å². The summed E-state index contributed by atoms with van der Waals surface area (Å²) in [6, 6.07) is 22.5. The summed E-state index contributed by atoms with van der Waals surface area (Å²) in [6.45, 7) is 0.562. The number of carbonyl (C=O) groups is 1. The van der Waals surface area contributed by atoms with E-state index in [1.54, 1.807) is 6.07 Å². The van der Waals surface area contributed by atoms with Gasteiger partial charge in [-0.15, -0.1) is 0 Å². The SMILES string of the molecule is O=C(NN=C(c1ccccc1)c1ccccc1)C1CCN(S(=O)(=O)c2cccnc2)CC1. The van der Waals surface area contributed by atoms with E-state index in [4.69, 9.17) is 0 Å². The Hall–Kier alpha value is -3.36. The number of nitrogens with zero attached hydrogens (tertiary/aromatic N) is 3. The second-order valence-corrected chi connectivity index (χ2v) is 9.47.